The van der Waals surface area contributed by atoms with Crippen molar-refractivity contribution in [3.63, 3.8) is 0 Å². The van der Waals surface area contributed by atoms with Crippen molar-refractivity contribution in [1.82, 2.24) is 4.90 Å². The summed E-state index contributed by atoms with van der Waals surface area (Å²) in [6, 6.07) is 37.9. The van der Waals surface area contributed by atoms with Gasteiger partial charge in [0.25, 0.3) is 11.8 Å². The molecule has 8 rings (SSSR count). The summed E-state index contributed by atoms with van der Waals surface area (Å²) in [7, 11) is 1.52. The number of fused-ring (bicyclic) bond motifs is 1. The highest BCUT2D eigenvalue weighted by atomic mass is 35.5. The summed E-state index contributed by atoms with van der Waals surface area (Å²) < 4.78 is 63.5. The van der Waals surface area contributed by atoms with E-state index in [1.54, 1.807) is 48.5 Å². The van der Waals surface area contributed by atoms with Crippen molar-refractivity contribution in [2.24, 2.45) is 5.11 Å². The van der Waals surface area contributed by atoms with Crippen molar-refractivity contribution in [3.05, 3.63) is 178 Å². The molecule has 370 valence electrons. The highest BCUT2D eigenvalue weighted by Crippen LogP contribution is 2.39. The Morgan fingerprint density at radius 3 is 1.68 bits per heavy atom. The number of carbonyl (C=O) groups excluding carboxylic acids is 4. The van der Waals surface area contributed by atoms with Gasteiger partial charge in [-0.1, -0.05) is 108 Å². The Hall–Kier alpha value is -6.86. The van der Waals surface area contributed by atoms with Crippen LogP contribution in [-0.4, -0.2) is 116 Å². The number of halogens is 1. The van der Waals surface area contributed by atoms with Crippen LogP contribution in [-0.2, 0) is 67.3 Å². The highest BCUT2D eigenvalue weighted by Gasteiger charge is 2.58. The Labute approximate surface area is 414 Å². The standard InChI is InChI=1S/C52H51ClN4O14/c1-32(58)66-47-43(55-56-54)51(68-40(45(47)70-42(59)26-53)30-63-27-33-14-6-3-7-15-33)71-46-41(31-64-28-34-16-8-4-9-17-34)69-52(67-37-24-22-36(62-2)23-25-37)44(48(46)65-29-35-18-10-5-11-19-35)57-49(60)38-20-12-13-21-39(38)50(57)61/h3-25,40-41,43-48,51-52H,26-31H2,1-2H3/t40-,41-,43-,44-,45-,46-,47-,48-,51+,52-/m1/s1. The first-order valence-corrected chi connectivity index (χ1v) is 23.3. The second-order valence-electron chi connectivity index (χ2n) is 16.6. The van der Waals surface area contributed by atoms with Gasteiger partial charge < -0.3 is 47.4 Å². The van der Waals surface area contributed by atoms with Crippen molar-refractivity contribution in [1.29, 1.82) is 0 Å². The van der Waals surface area contributed by atoms with Crippen LogP contribution >= 0.6 is 11.6 Å². The lowest BCUT2D eigenvalue weighted by Gasteiger charge is -2.50. The quantitative estimate of drug-likeness (QED) is 0.0176. The summed E-state index contributed by atoms with van der Waals surface area (Å²) in [5.41, 5.74) is 12.8. The summed E-state index contributed by atoms with van der Waals surface area (Å²) in [5.74, 6) is -2.74. The topological polar surface area (TPSA) is 213 Å². The van der Waals surface area contributed by atoms with Gasteiger partial charge in [0.15, 0.2) is 18.5 Å². The van der Waals surface area contributed by atoms with E-state index in [1.807, 2.05) is 91.0 Å². The zero-order valence-electron chi connectivity index (χ0n) is 38.7. The first-order chi connectivity index (χ1) is 34.6. The molecule has 71 heavy (non-hydrogen) atoms. The van der Waals surface area contributed by atoms with E-state index in [-0.39, 0.29) is 44.2 Å². The molecule has 5 aromatic carbocycles. The number of esters is 2. The molecule has 0 aromatic heterocycles. The van der Waals surface area contributed by atoms with Crippen molar-refractivity contribution < 1.29 is 66.5 Å². The number of hydrogen-bond donors (Lipinski definition) is 0. The molecule has 5 aromatic rings. The van der Waals surface area contributed by atoms with Crippen molar-refractivity contribution >= 4 is 35.4 Å². The number of rotatable bonds is 21. The van der Waals surface area contributed by atoms with Crippen LogP contribution in [0.3, 0.4) is 0 Å². The van der Waals surface area contributed by atoms with Crippen molar-refractivity contribution in [2.75, 3.05) is 26.2 Å². The number of benzene rings is 5. The molecule has 0 spiro atoms. The van der Waals surface area contributed by atoms with E-state index >= 15 is 0 Å². The maximum absolute atomic E-state index is 14.7. The summed E-state index contributed by atoms with van der Waals surface area (Å²) in [6.07, 6.45) is -11.2. The number of carbonyl (C=O) groups is 4. The van der Waals surface area contributed by atoms with E-state index in [2.05, 4.69) is 10.0 Å². The molecular weight excluding hydrogens is 940 g/mol. The minimum Gasteiger partial charge on any atom is -0.497 e. The van der Waals surface area contributed by atoms with E-state index in [0.29, 0.717) is 11.5 Å². The smallest absolute Gasteiger partial charge is 0.321 e. The number of amides is 2. The van der Waals surface area contributed by atoms with Gasteiger partial charge in [0.05, 0.1) is 51.3 Å². The third-order valence-corrected chi connectivity index (χ3v) is 12.1. The van der Waals surface area contributed by atoms with Gasteiger partial charge in [0, 0.05) is 11.8 Å². The van der Waals surface area contributed by atoms with Crippen LogP contribution in [0.15, 0.2) is 145 Å². The summed E-state index contributed by atoms with van der Waals surface area (Å²) >= 11 is 5.92. The van der Waals surface area contributed by atoms with E-state index in [0.717, 1.165) is 28.5 Å². The van der Waals surface area contributed by atoms with Crippen LogP contribution in [0, 0.1) is 0 Å². The number of methoxy groups -OCH3 is 1. The average Bonchev–Trinajstić information content (AvgIpc) is 3.64. The molecule has 0 unspecified atom stereocenters. The van der Waals surface area contributed by atoms with Crippen molar-refractivity contribution in [3.8, 4) is 11.5 Å². The molecule has 0 bridgehead atoms. The molecule has 0 saturated carbocycles. The van der Waals surface area contributed by atoms with Crippen LogP contribution in [0.25, 0.3) is 10.4 Å². The fourth-order valence-corrected chi connectivity index (χ4v) is 8.71. The Kier molecular flexibility index (Phi) is 17.3. The minimum absolute atomic E-state index is 0.0777. The van der Waals surface area contributed by atoms with Crippen LogP contribution in [0.5, 0.6) is 11.5 Å². The SMILES string of the molecule is COc1ccc(O[C@@H]2O[C@H](COCc3ccccc3)[C@@H](O[C@@H]3O[C@H](COCc4ccccc4)[C@@H](OC(=O)CCl)[C@H](OC(C)=O)[C@H]3N=[N+]=[N-])[C@H](OCc3ccccc3)[C@H]2N2C(=O)c3ccccc3C2=O)cc1. The summed E-state index contributed by atoms with van der Waals surface area (Å²) in [5, 5.41) is 4.01. The fourth-order valence-electron chi connectivity index (χ4n) is 8.64. The minimum atomic E-state index is -1.65. The molecule has 18 nitrogen and oxygen atoms in total. The number of alkyl halides is 1. The van der Waals surface area contributed by atoms with Crippen LogP contribution in [0.4, 0.5) is 0 Å². The zero-order valence-corrected chi connectivity index (χ0v) is 39.4. The predicted molar refractivity (Wildman–Crippen MR) is 253 cm³/mol. The second-order valence-corrected chi connectivity index (χ2v) is 16.9. The number of ether oxygens (including phenoxy) is 10. The van der Waals surface area contributed by atoms with Crippen LogP contribution in [0.1, 0.15) is 44.3 Å². The highest BCUT2D eigenvalue weighted by molar-refractivity contribution is 6.26. The summed E-state index contributed by atoms with van der Waals surface area (Å²) in [4.78, 5) is 59.3. The Morgan fingerprint density at radius 1 is 0.648 bits per heavy atom. The molecule has 2 saturated heterocycles. The van der Waals surface area contributed by atoms with E-state index in [1.165, 1.54) is 7.11 Å². The molecule has 0 N–H and O–H groups in total. The number of nitrogens with zero attached hydrogens (tertiary/aromatic N) is 4. The van der Waals surface area contributed by atoms with Gasteiger partial charge in [-0.05, 0) is 58.6 Å². The first kappa shape index (κ1) is 50.5. The molecule has 3 heterocycles. The molecule has 2 fully saturated rings. The number of imide groups is 1. The van der Waals surface area contributed by atoms with Gasteiger partial charge in [-0.15, -0.1) is 11.6 Å². The molecule has 3 aliphatic rings. The van der Waals surface area contributed by atoms with E-state index < -0.39 is 90.9 Å². The molecule has 19 heteroatoms. The average molecular weight is 991 g/mol. The normalized spacial score (nSPS) is 24.9. The van der Waals surface area contributed by atoms with Gasteiger partial charge in [-0.2, -0.15) is 0 Å². The van der Waals surface area contributed by atoms with Crippen LogP contribution in [0.2, 0.25) is 0 Å². The third-order valence-electron chi connectivity index (χ3n) is 11.9. The molecule has 0 aliphatic carbocycles. The number of azide groups is 1. The third kappa shape index (κ3) is 12.4. The largest absolute Gasteiger partial charge is 0.497 e. The lowest BCUT2D eigenvalue weighted by molar-refractivity contribution is -0.334. The summed E-state index contributed by atoms with van der Waals surface area (Å²) in [6.45, 7) is 0.825. The maximum Gasteiger partial charge on any atom is 0.321 e. The van der Waals surface area contributed by atoms with Gasteiger partial charge in [0.1, 0.15) is 53.9 Å². The Bertz CT molecular complexity index is 2590. The molecule has 3 aliphatic heterocycles. The van der Waals surface area contributed by atoms with E-state index in [9.17, 15) is 24.7 Å². The Balaban J connectivity index is 1.24. The van der Waals surface area contributed by atoms with Gasteiger partial charge in [0.2, 0.25) is 6.29 Å². The van der Waals surface area contributed by atoms with Gasteiger partial charge in [-0.3, -0.25) is 24.1 Å². The van der Waals surface area contributed by atoms with Gasteiger partial charge in [-0.25, -0.2) is 0 Å². The maximum atomic E-state index is 14.7. The first-order valence-electron chi connectivity index (χ1n) is 22.8. The lowest BCUT2D eigenvalue weighted by atomic mass is 9.93. The molecular formula is C52H51ClN4O14. The lowest BCUT2D eigenvalue weighted by Crippen LogP contribution is -2.69. The van der Waals surface area contributed by atoms with E-state index in [4.69, 9.17) is 59.0 Å². The predicted octanol–water partition coefficient (Wildman–Crippen LogP) is 7.35. The van der Waals surface area contributed by atoms with Crippen LogP contribution < -0.4 is 9.47 Å². The second kappa shape index (κ2) is 24.3. The van der Waals surface area contributed by atoms with Gasteiger partial charge >= 0.3 is 11.9 Å². The molecule has 2 amide bonds. The fraction of sp³-hybridized carbons (Fsp3) is 0.346. The monoisotopic (exact) mass is 990 g/mol. The number of hydrogen-bond acceptors (Lipinski definition) is 15. The Morgan fingerprint density at radius 2 is 1.15 bits per heavy atom. The molecule has 10 atom stereocenters. The molecule has 0 radical (unpaired) electrons. The zero-order chi connectivity index (χ0) is 49.7. The van der Waals surface area contributed by atoms with Crippen molar-refractivity contribution in [2.45, 2.75) is 88.0 Å².